The number of thiophene rings is 1. The van der Waals surface area contributed by atoms with Crippen LogP contribution in [0.25, 0.3) is 10.7 Å². The minimum Gasteiger partial charge on any atom is -0.339 e. The van der Waals surface area contributed by atoms with Gasteiger partial charge in [0.2, 0.25) is 11.7 Å². The Kier molecular flexibility index (Phi) is 5.54. The van der Waals surface area contributed by atoms with Crippen molar-refractivity contribution in [2.45, 2.75) is 53.9 Å². The highest BCUT2D eigenvalue weighted by Crippen LogP contribution is 2.34. The molecule has 0 saturated carbocycles. The summed E-state index contributed by atoms with van der Waals surface area (Å²) in [6.07, 6.45) is 1.06. The molecule has 3 nitrogen and oxygen atoms in total. The number of hydrogen-bond acceptors (Lipinski definition) is 4. The lowest BCUT2D eigenvalue weighted by atomic mass is 10.0. The zero-order valence-corrected chi connectivity index (χ0v) is 12.9. The van der Waals surface area contributed by atoms with E-state index >= 15 is 0 Å². The predicted molar refractivity (Wildman–Crippen MR) is 77.2 cm³/mol. The van der Waals surface area contributed by atoms with Crippen LogP contribution in [0.1, 0.15) is 56.9 Å². The molecule has 0 aliphatic rings. The number of hydrogen-bond donors (Lipinski definition) is 0. The van der Waals surface area contributed by atoms with Crippen molar-refractivity contribution in [3.8, 4) is 10.7 Å². The summed E-state index contributed by atoms with van der Waals surface area (Å²) in [6.45, 7) is 12.4. The fourth-order valence-corrected chi connectivity index (χ4v) is 2.90. The van der Waals surface area contributed by atoms with Crippen molar-refractivity contribution in [1.82, 2.24) is 10.1 Å². The number of aryl methyl sites for hydroxylation is 2. The molecule has 100 valence electrons. The quantitative estimate of drug-likeness (QED) is 0.799. The fraction of sp³-hybridized carbons (Fsp3) is 0.571. The second kappa shape index (κ2) is 6.69. The Morgan fingerprint density at radius 1 is 1.33 bits per heavy atom. The third kappa shape index (κ3) is 3.19. The van der Waals surface area contributed by atoms with E-state index in [2.05, 4.69) is 37.0 Å². The molecule has 2 aromatic rings. The van der Waals surface area contributed by atoms with Gasteiger partial charge in [0.05, 0.1) is 4.88 Å². The third-order valence-corrected chi connectivity index (χ3v) is 3.82. The second-order valence-electron chi connectivity index (χ2n) is 4.13. The lowest BCUT2D eigenvalue weighted by Gasteiger charge is -2.03. The van der Waals surface area contributed by atoms with Crippen LogP contribution in [-0.4, -0.2) is 10.1 Å². The first-order valence-electron chi connectivity index (χ1n) is 6.55. The lowest BCUT2D eigenvalue weighted by molar-refractivity contribution is 0.394. The van der Waals surface area contributed by atoms with Crippen molar-refractivity contribution in [2.75, 3.05) is 0 Å². The zero-order valence-electron chi connectivity index (χ0n) is 12.1. The molecule has 0 spiro atoms. The van der Waals surface area contributed by atoms with Gasteiger partial charge in [-0.15, -0.1) is 11.3 Å². The molecule has 0 radical (unpaired) electrons. The molecule has 0 aliphatic heterocycles. The lowest BCUT2D eigenvalue weighted by Crippen LogP contribution is -1.88. The van der Waals surface area contributed by atoms with Gasteiger partial charge in [0.25, 0.3) is 0 Å². The van der Waals surface area contributed by atoms with Crippen LogP contribution in [0, 0.1) is 6.92 Å². The molecular formula is C14H22N2OS. The molecule has 0 atom stereocenters. The molecule has 18 heavy (non-hydrogen) atoms. The Morgan fingerprint density at radius 2 is 2.00 bits per heavy atom. The second-order valence-corrected chi connectivity index (χ2v) is 5.27. The minimum absolute atomic E-state index is 0.549. The summed E-state index contributed by atoms with van der Waals surface area (Å²) < 4.78 is 5.01. The molecule has 2 aromatic heterocycles. The number of nitrogens with zero attached hydrogens (tertiary/aromatic N) is 2. The van der Waals surface area contributed by atoms with Crippen molar-refractivity contribution in [3.05, 3.63) is 22.4 Å². The molecule has 0 aromatic carbocycles. The van der Waals surface area contributed by atoms with Gasteiger partial charge in [0, 0.05) is 11.8 Å². The first kappa shape index (κ1) is 14.9. The maximum Gasteiger partial charge on any atom is 0.223 e. The molecule has 0 unspecified atom stereocenters. The van der Waals surface area contributed by atoms with E-state index in [0.29, 0.717) is 17.6 Å². The molecule has 0 saturated heterocycles. The normalized spacial score (nSPS) is 10.4. The maximum atomic E-state index is 5.01. The monoisotopic (exact) mass is 266 g/mol. The van der Waals surface area contributed by atoms with Crippen LogP contribution in [0.5, 0.6) is 0 Å². The highest BCUT2D eigenvalue weighted by Gasteiger charge is 2.15. The minimum atomic E-state index is 0.549. The van der Waals surface area contributed by atoms with E-state index in [1.54, 1.807) is 11.3 Å². The predicted octanol–water partition coefficient (Wildman–Crippen LogP) is 4.82. The van der Waals surface area contributed by atoms with Gasteiger partial charge >= 0.3 is 0 Å². The zero-order chi connectivity index (χ0) is 13.7. The molecule has 4 heteroatoms. The van der Waals surface area contributed by atoms with Crippen LogP contribution in [0.3, 0.4) is 0 Å². The van der Waals surface area contributed by atoms with Gasteiger partial charge in [0.15, 0.2) is 0 Å². The summed E-state index contributed by atoms with van der Waals surface area (Å²) in [5.74, 6) is 1.88. The van der Waals surface area contributed by atoms with Gasteiger partial charge in [-0.3, -0.25) is 0 Å². The molecule has 2 heterocycles. The summed E-state index contributed by atoms with van der Waals surface area (Å²) in [6, 6.07) is 2.19. The van der Waals surface area contributed by atoms with E-state index in [1.165, 1.54) is 10.4 Å². The molecule has 0 bridgehead atoms. The van der Waals surface area contributed by atoms with Crippen LogP contribution < -0.4 is 0 Å². The molecule has 0 N–H and O–H groups in total. The Labute approximate surface area is 113 Å². The summed E-state index contributed by atoms with van der Waals surface area (Å²) in [4.78, 5) is 6.79. The average molecular weight is 266 g/mol. The van der Waals surface area contributed by atoms with Crippen molar-refractivity contribution >= 4 is 11.3 Å². The summed E-state index contributed by atoms with van der Waals surface area (Å²) in [5, 5.41) is 3.96. The smallest absolute Gasteiger partial charge is 0.223 e. The largest absolute Gasteiger partial charge is 0.339 e. The molecule has 2 rings (SSSR count). The fourth-order valence-electron chi connectivity index (χ4n) is 1.72. The van der Waals surface area contributed by atoms with Crippen LogP contribution in [-0.2, 0) is 6.42 Å². The van der Waals surface area contributed by atoms with Gasteiger partial charge in [0.1, 0.15) is 0 Å². The van der Waals surface area contributed by atoms with Gasteiger partial charge in [-0.2, -0.15) is 4.98 Å². The standard InChI is InChI=1S/C12H16N2OS.C2H6/c1-5-10-9(7(2)3)6-11(16-10)12-13-8(4)15-14-12;1-2/h6-7H,5H2,1-4H3;1-2H3. The highest BCUT2D eigenvalue weighted by atomic mass is 32.1. The van der Waals surface area contributed by atoms with Crippen LogP contribution >= 0.6 is 11.3 Å². The van der Waals surface area contributed by atoms with Crippen molar-refractivity contribution in [2.24, 2.45) is 0 Å². The van der Waals surface area contributed by atoms with E-state index in [-0.39, 0.29) is 0 Å². The molecule has 0 fully saturated rings. The third-order valence-electron chi connectivity index (χ3n) is 2.53. The Balaban J connectivity index is 0.000000771. The Morgan fingerprint density at radius 3 is 2.39 bits per heavy atom. The molecular weight excluding hydrogens is 244 g/mol. The number of aromatic nitrogens is 2. The van der Waals surface area contributed by atoms with E-state index in [4.69, 9.17) is 4.52 Å². The topological polar surface area (TPSA) is 38.9 Å². The summed E-state index contributed by atoms with van der Waals surface area (Å²) >= 11 is 1.77. The van der Waals surface area contributed by atoms with Gasteiger partial charge in [-0.1, -0.05) is 39.8 Å². The van der Waals surface area contributed by atoms with Gasteiger partial charge < -0.3 is 4.52 Å². The van der Waals surface area contributed by atoms with E-state index in [0.717, 1.165) is 11.3 Å². The van der Waals surface area contributed by atoms with E-state index < -0.39 is 0 Å². The maximum absolute atomic E-state index is 5.01. The molecule has 0 aliphatic carbocycles. The van der Waals surface area contributed by atoms with Gasteiger partial charge in [-0.05, 0) is 24.0 Å². The van der Waals surface area contributed by atoms with Crippen molar-refractivity contribution in [1.29, 1.82) is 0 Å². The van der Waals surface area contributed by atoms with E-state index in [9.17, 15) is 0 Å². The Hall–Kier alpha value is -1.16. The first-order valence-corrected chi connectivity index (χ1v) is 7.36. The van der Waals surface area contributed by atoms with Crippen LogP contribution in [0.4, 0.5) is 0 Å². The average Bonchev–Trinajstić information content (AvgIpc) is 2.97. The Bertz CT molecular complexity index is 486. The van der Waals surface area contributed by atoms with E-state index in [1.807, 2.05) is 20.8 Å². The van der Waals surface area contributed by atoms with Crippen molar-refractivity contribution < 1.29 is 4.52 Å². The summed E-state index contributed by atoms with van der Waals surface area (Å²) in [5.41, 5.74) is 1.41. The summed E-state index contributed by atoms with van der Waals surface area (Å²) in [7, 11) is 0. The molecule has 0 amide bonds. The number of rotatable bonds is 3. The van der Waals surface area contributed by atoms with Crippen LogP contribution in [0.2, 0.25) is 0 Å². The SMILES string of the molecule is CC.CCc1sc(-c2noc(C)n2)cc1C(C)C. The van der Waals surface area contributed by atoms with Crippen LogP contribution in [0.15, 0.2) is 10.6 Å². The first-order chi connectivity index (χ1) is 8.61. The van der Waals surface area contributed by atoms with Crippen molar-refractivity contribution in [3.63, 3.8) is 0 Å². The van der Waals surface area contributed by atoms with Gasteiger partial charge in [-0.25, -0.2) is 0 Å². The highest BCUT2D eigenvalue weighted by molar-refractivity contribution is 7.15.